The molecule has 29 heavy (non-hydrogen) atoms. The van der Waals surface area contributed by atoms with Gasteiger partial charge in [-0.3, -0.25) is 9.89 Å². The normalized spacial score (nSPS) is 11.2. The maximum atomic E-state index is 13.7. The lowest BCUT2D eigenvalue weighted by atomic mass is 10.1. The Hall–Kier alpha value is -3.69. The van der Waals surface area contributed by atoms with Crippen LogP contribution in [0.3, 0.4) is 0 Å². The number of halogens is 4. The van der Waals surface area contributed by atoms with Gasteiger partial charge in [0, 0.05) is 18.6 Å². The van der Waals surface area contributed by atoms with E-state index in [-0.39, 0.29) is 17.5 Å². The van der Waals surface area contributed by atoms with Gasteiger partial charge in [-0.2, -0.15) is 18.3 Å². The molecule has 4 rings (SSSR count). The number of H-pyrrole nitrogens is 1. The molecule has 0 spiro atoms. The third-order valence-corrected chi connectivity index (χ3v) is 4.08. The van der Waals surface area contributed by atoms with Crippen molar-refractivity contribution in [2.75, 3.05) is 0 Å². The summed E-state index contributed by atoms with van der Waals surface area (Å²) in [6.07, 6.45) is 0.425. The SMILES string of the molecule is O=c1cc(COc2c(F)c(F)cc(F)c2F)nc2nc(Cc3ccccc3)[nH]n12. The highest BCUT2D eigenvalue weighted by molar-refractivity contribution is 5.31. The molecule has 2 aromatic carbocycles. The van der Waals surface area contributed by atoms with Crippen LogP contribution in [-0.2, 0) is 13.0 Å². The number of ether oxygens (including phenoxy) is 1. The number of hydrogen-bond donors (Lipinski definition) is 1. The molecule has 0 saturated heterocycles. The smallest absolute Gasteiger partial charge is 0.274 e. The van der Waals surface area contributed by atoms with Crippen LogP contribution in [0.15, 0.2) is 47.3 Å². The minimum absolute atomic E-state index is 0.0174. The molecule has 0 unspecified atom stereocenters. The molecule has 0 saturated carbocycles. The van der Waals surface area contributed by atoms with Gasteiger partial charge in [-0.25, -0.2) is 13.8 Å². The molecule has 0 amide bonds. The second kappa shape index (κ2) is 7.38. The van der Waals surface area contributed by atoms with E-state index in [4.69, 9.17) is 4.74 Å². The van der Waals surface area contributed by atoms with Crippen molar-refractivity contribution in [1.29, 1.82) is 0 Å². The summed E-state index contributed by atoms with van der Waals surface area (Å²) >= 11 is 0. The Labute approximate surface area is 160 Å². The standard InChI is InChI=1S/C19H12F4N4O2/c20-12-8-13(21)17(23)18(16(12)22)29-9-11-7-15(28)27-19(24-11)25-14(26-27)6-10-4-2-1-3-5-10/h1-5,7-8H,6,9H2,(H,24,25,26). The number of aromatic nitrogens is 4. The quantitative estimate of drug-likeness (QED) is 0.410. The van der Waals surface area contributed by atoms with Gasteiger partial charge in [-0.1, -0.05) is 30.3 Å². The van der Waals surface area contributed by atoms with Crippen LogP contribution >= 0.6 is 0 Å². The van der Waals surface area contributed by atoms with Crippen molar-refractivity contribution < 1.29 is 22.3 Å². The highest BCUT2D eigenvalue weighted by Gasteiger charge is 2.21. The van der Waals surface area contributed by atoms with Crippen LogP contribution in [-0.4, -0.2) is 19.6 Å². The summed E-state index contributed by atoms with van der Waals surface area (Å²) in [5, 5.41) is 2.82. The van der Waals surface area contributed by atoms with E-state index in [1.807, 2.05) is 30.3 Å². The second-order valence-electron chi connectivity index (χ2n) is 6.14. The molecule has 0 bridgehead atoms. The predicted molar refractivity (Wildman–Crippen MR) is 93.5 cm³/mol. The van der Waals surface area contributed by atoms with Crippen LogP contribution in [0.5, 0.6) is 5.75 Å². The fourth-order valence-electron chi connectivity index (χ4n) is 2.74. The van der Waals surface area contributed by atoms with E-state index in [9.17, 15) is 22.4 Å². The van der Waals surface area contributed by atoms with Gasteiger partial charge >= 0.3 is 0 Å². The molecule has 148 valence electrons. The van der Waals surface area contributed by atoms with Gasteiger partial charge in [0.2, 0.25) is 11.6 Å². The predicted octanol–water partition coefficient (Wildman–Crippen LogP) is 3.14. The number of nitrogens with zero attached hydrogens (tertiary/aromatic N) is 3. The fraction of sp³-hybridized carbons (Fsp3) is 0.105. The maximum Gasteiger partial charge on any atom is 0.274 e. The first-order valence-electron chi connectivity index (χ1n) is 8.39. The third kappa shape index (κ3) is 3.68. The third-order valence-electron chi connectivity index (χ3n) is 4.08. The monoisotopic (exact) mass is 404 g/mol. The first-order chi connectivity index (χ1) is 13.9. The minimum atomic E-state index is -1.67. The summed E-state index contributed by atoms with van der Waals surface area (Å²) < 4.78 is 59.8. The molecular formula is C19H12F4N4O2. The van der Waals surface area contributed by atoms with Gasteiger partial charge < -0.3 is 4.74 Å². The van der Waals surface area contributed by atoms with E-state index < -0.39 is 41.2 Å². The van der Waals surface area contributed by atoms with Crippen molar-refractivity contribution in [3.63, 3.8) is 0 Å². The van der Waals surface area contributed by atoms with Crippen molar-refractivity contribution in [2.45, 2.75) is 13.0 Å². The van der Waals surface area contributed by atoms with E-state index in [1.54, 1.807) is 0 Å². The Balaban J connectivity index is 1.60. The molecule has 1 N–H and O–H groups in total. The number of fused-ring (bicyclic) bond motifs is 1. The van der Waals surface area contributed by atoms with Gasteiger partial charge in [0.05, 0.1) is 5.69 Å². The zero-order chi connectivity index (χ0) is 20.5. The maximum absolute atomic E-state index is 13.7. The molecule has 0 fully saturated rings. The zero-order valence-corrected chi connectivity index (χ0v) is 14.6. The summed E-state index contributed by atoms with van der Waals surface area (Å²) in [6.45, 7) is -0.594. The highest BCUT2D eigenvalue weighted by Crippen LogP contribution is 2.27. The molecule has 2 heterocycles. The van der Waals surface area contributed by atoms with Crippen LogP contribution in [0.4, 0.5) is 17.6 Å². The lowest BCUT2D eigenvalue weighted by Crippen LogP contribution is -2.17. The molecule has 4 aromatic rings. The topological polar surface area (TPSA) is 72.3 Å². The minimum Gasteiger partial charge on any atom is -0.481 e. The molecule has 0 aliphatic rings. The van der Waals surface area contributed by atoms with Crippen molar-refractivity contribution in [2.24, 2.45) is 0 Å². The van der Waals surface area contributed by atoms with Crippen LogP contribution < -0.4 is 10.3 Å². The van der Waals surface area contributed by atoms with Gasteiger partial charge in [-0.15, -0.1) is 0 Å². The van der Waals surface area contributed by atoms with Crippen molar-refractivity contribution in [3.8, 4) is 5.75 Å². The van der Waals surface area contributed by atoms with Gasteiger partial charge in [0.15, 0.2) is 17.4 Å². The first kappa shape index (κ1) is 18.7. The second-order valence-corrected chi connectivity index (χ2v) is 6.14. The van der Waals surface area contributed by atoms with Gasteiger partial charge in [0.1, 0.15) is 12.4 Å². The molecule has 6 nitrogen and oxygen atoms in total. The Bertz CT molecular complexity index is 1230. The van der Waals surface area contributed by atoms with Crippen molar-refractivity contribution in [1.82, 2.24) is 19.6 Å². The molecule has 0 aliphatic heterocycles. The van der Waals surface area contributed by atoms with Crippen LogP contribution in [0, 0.1) is 23.3 Å². The van der Waals surface area contributed by atoms with Gasteiger partial charge in [0.25, 0.3) is 11.3 Å². The number of hydrogen-bond acceptors (Lipinski definition) is 4. The van der Waals surface area contributed by atoms with Crippen LogP contribution in [0.1, 0.15) is 17.1 Å². The van der Waals surface area contributed by atoms with E-state index in [0.717, 1.165) is 16.1 Å². The first-order valence-corrected chi connectivity index (χ1v) is 8.39. The summed E-state index contributed by atoms with van der Waals surface area (Å²) in [7, 11) is 0. The van der Waals surface area contributed by atoms with Crippen molar-refractivity contribution >= 4 is 5.78 Å². The lowest BCUT2D eigenvalue weighted by molar-refractivity contribution is 0.258. The number of nitrogens with one attached hydrogen (secondary N) is 1. The summed E-state index contributed by atoms with van der Waals surface area (Å²) in [5.41, 5.74) is 0.408. The van der Waals surface area contributed by atoms with E-state index in [0.29, 0.717) is 12.2 Å². The summed E-state index contributed by atoms with van der Waals surface area (Å²) in [4.78, 5) is 20.5. The lowest BCUT2D eigenvalue weighted by Gasteiger charge is -2.08. The Morgan fingerprint density at radius 1 is 0.966 bits per heavy atom. The van der Waals surface area contributed by atoms with Crippen molar-refractivity contribution in [3.05, 3.63) is 93.2 Å². The molecule has 0 radical (unpaired) electrons. The Kier molecular flexibility index (Phi) is 4.75. The molecule has 0 atom stereocenters. The van der Waals surface area contributed by atoms with E-state index in [2.05, 4.69) is 15.1 Å². The average molecular weight is 404 g/mol. The molecule has 0 aliphatic carbocycles. The van der Waals surface area contributed by atoms with Gasteiger partial charge in [-0.05, 0) is 5.56 Å². The molecule has 2 aromatic heterocycles. The number of aromatic amines is 1. The Morgan fingerprint density at radius 2 is 1.66 bits per heavy atom. The summed E-state index contributed by atoms with van der Waals surface area (Å²) in [5.74, 6) is -7.27. The van der Waals surface area contributed by atoms with Crippen LogP contribution in [0.2, 0.25) is 0 Å². The number of benzene rings is 2. The zero-order valence-electron chi connectivity index (χ0n) is 14.6. The van der Waals surface area contributed by atoms with Crippen LogP contribution in [0.25, 0.3) is 5.78 Å². The largest absolute Gasteiger partial charge is 0.481 e. The van der Waals surface area contributed by atoms with E-state index in [1.165, 1.54) is 0 Å². The highest BCUT2D eigenvalue weighted by atomic mass is 19.2. The fourth-order valence-corrected chi connectivity index (χ4v) is 2.74. The average Bonchev–Trinajstić information content (AvgIpc) is 3.10. The summed E-state index contributed by atoms with van der Waals surface area (Å²) in [6, 6.07) is 10.5. The molecule has 10 heteroatoms. The van der Waals surface area contributed by atoms with E-state index >= 15 is 0 Å². The molecular weight excluding hydrogens is 392 g/mol. The Morgan fingerprint density at radius 3 is 2.34 bits per heavy atom. The number of rotatable bonds is 5.